The highest BCUT2D eigenvalue weighted by atomic mass is 32.2. The summed E-state index contributed by atoms with van der Waals surface area (Å²) in [6.07, 6.45) is 5.51. The van der Waals surface area contributed by atoms with Crippen molar-refractivity contribution in [3.05, 3.63) is 107 Å². The van der Waals surface area contributed by atoms with Crippen molar-refractivity contribution in [1.82, 2.24) is 10.2 Å². The standard InChI is InChI=1S/C31H34F2N2O2S/c32-26-17-15-24(16-18-26)21-38-22-30(36)35(20-25-11-7-8-14-28(25)33)29(19-23-9-3-1-4-10-23)31(37)34-27-12-5-2-6-13-27/h1,3-4,7-11,14-18,27,29H,2,5-6,12-13,19-22H2,(H,34,37)/t29-/m1/s1. The van der Waals surface area contributed by atoms with Gasteiger partial charge in [0.25, 0.3) is 0 Å². The van der Waals surface area contributed by atoms with E-state index in [9.17, 15) is 18.4 Å². The largest absolute Gasteiger partial charge is 0.352 e. The first-order valence-corrected chi connectivity index (χ1v) is 14.3. The molecule has 1 fully saturated rings. The lowest BCUT2D eigenvalue weighted by atomic mass is 9.94. The van der Waals surface area contributed by atoms with E-state index in [1.807, 2.05) is 30.3 Å². The summed E-state index contributed by atoms with van der Waals surface area (Å²) < 4.78 is 28.0. The molecular formula is C31H34F2N2O2S. The fourth-order valence-corrected chi connectivity index (χ4v) is 5.70. The first-order valence-electron chi connectivity index (χ1n) is 13.2. The first-order chi connectivity index (χ1) is 18.5. The molecule has 4 rings (SSSR count). The summed E-state index contributed by atoms with van der Waals surface area (Å²) in [5.41, 5.74) is 2.20. The van der Waals surface area contributed by atoms with E-state index >= 15 is 0 Å². The van der Waals surface area contributed by atoms with Gasteiger partial charge in [-0.2, -0.15) is 0 Å². The minimum Gasteiger partial charge on any atom is -0.352 e. The van der Waals surface area contributed by atoms with Crippen molar-refractivity contribution >= 4 is 23.6 Å². The topological polar surface area (TPSA) is 49.4 Å². The zero-order valence-corrected chi connectivity index (χ0v) is 22.3. The molecule has 1 saturated carbocycles. The number of carbonyl (C=O) groups excluding carboxylic acids is 2. The second kappa shape index (κ2) is 14.1. The number of hydrogen-bond donors (Lipinski definition) is 1. The lowest BCUT2D eigenvalue weighted by Crippen LogP contribution is -2.53. The van der Waals surface area contributed by atoms with Gasteiger partial charge in [-0.1, -0.05) is 79.9 Å². The molecule has 0 bridgehead atoms. The van der Waals surface area contributed by atoms with Crippen LogP contribution in [0.5, 0.6) is 0 Å². The third-order valence-corrected chi connectivity index (χ3v) is 7.92. The number of halogens is 2. The molecule has 0 unspecified atom stereocenters. The maximum atomic E-state index is 14.7. The third kappa shape index (κ3) is 8.15. The number of nitrogens with zero attached hydrogens (tertiary/aromatic N) is 1. The number of hydrogen-bond acceptors (Lipinski definition) is 3. The summed E-state index contributed by atoms with van der Waals surface area (Å²) in [5.74, 6) is -0.506. The van der Waals surface area contributed by atoms with Crippen LogP contribution in [0.15, 0.2) is 78.9 Å². The monoisotopic (exact) mass is 536 g/mol. The highest BCUT2D eigenvalue weighted by molar-refractivity contribution is 7.99. The van der Waals surface area contributed by atoms with Crippen LogP contribution in [-0.2, 0) is 28.3 Å². The summed E-state index contributed by atoms with van der Waals surface area (Å²) in [4.78, 5) is 28.9. The Morgan fingerprint density at radius 3 is 2.26 bits per heavy atom. The summed E-state index contributed by atoms with van der Waals surface area (Å²) in [6, 6.07) is 21.5. The lowest BCUT2D eigenvalue weighted by Gasteiger charge is -2.33. The normalized spacial score (nSPS) is 14.6. The van der Waals surface area contributed by atoms with E-state index in [-0.39, 0.29) is 36.0 Å². The van der Waals surface area contributed by atoms with Gasteiger partial charge in [0, 0.05) is 30.3 Å². The van der Waals surface area contributed by atoms with Gasteiger partial charge in [0.1, 0.15) is 17.7 Å². The van der Waals surface area contributed by atoms with Gasteiger partial charge in [0.2, 0.25) is 11.8 Å². The molecule has 0 radical (unpaired) electrons. The minimum atomic E-state index is -0.780. The van der Waals surface area contributed by atoms with Crippen molar-refractivity contribution in [3.63, 3.8) is 0 Å². The maximum absolute atomic E-state index is 14.7. The average molecular weight is 537 g/mol. The van der Waals surface area contributed by atoms with Crippen LogP contribution in [0.3, 0.4) is 0 Å². The van der Waals surface area contributed by atoms with Crippen LogP contribution in [0, 0.1) is 11.6 Å². The number of nitrogens with one attached hydrogen (secondary N) is 1. The summed E-state index contributed by atoms with van der Waals surface area (Å²) in [5, 5.41) is 3.19. The molecule has 0 aliphatic heterocycles. The molecule has 3 aromatic rings. The number of benzene rings is 3. The highest BCUT2D eigenvalue weighted by Crippen LogP contribution is 2.22. The second-order valence-electron chi connectivity index (χ2n) is 9.78. The van der Waals surface area contributed by atoms with Crippen LogP contribution in [0.25, 0.3) is 0 Å². The van der Waals surface area contributed by atoms with E-state index in [1.165, 1.54) is 41.3 Å². The molecule has 2 amide bonds. The molecule has 0 aromatic heterocycles. The molecule has 7 heteroatoms. The number of rotatable bonds is 11. The third-order valence-electron chi connectivity index (χ3n) is 6.93. The quantitative estimate of drug-likeness (QED) is 0.314. The van der Waals surface area contributed by atoms with Gasteiger partial charge >= 0.3 is 0 Å². The van der Waals surface area contributed by atoms with E-state index in [4.69, 9.17) is 0 Å². The van der Waals surface area contributed by atoms with Gasteiger partial charge in [0.15, 0.2) is 0 Å². The van der Waals surface area contributed by atoms with Crippen molar-refractivity contribution in [3.8, 4) is 0 Å². The summed E-state index contributed by atoms with van der Waals surface area (Å²) in [7, 11) is 0. The Hall–Kier alpha value is -3.19. The van der Waals surface area contributed by atoms with Crippen LogP contribution >= 0.6 is 11.8 Å². The molecule has 3 aromatic carbocycles. The maximum Gasteiger partial charge on any atom is 0.243 e. The molecule has 0 spiro atoms. The Labute approximate surface area is 227 Å². The van der Waals surface area contributed by atoms with E-state index in [1.54, 1.807) is 30.3 Å². The molecular weight excluding hydrogens is 502 g/mol. The molecule has 38 heavy (non-hydrogen) atoms. The molecule has 1 aliphatic rings. The van der Waals surface area contributed by atoms with E-state index in [0.717, 1.165) is 36.8 Å². The molecule has 1 N–H and O–H groups in total. The van der Waals surface area contributed by atoms with Crippen molar-refractivity contribution < 1.29 is 18.4 Å². The first kappa shape index (κ1) is 27.8. The molecule has 4 nitrogen and oxygen atoms in total. The SMILES string of the molecule is O=C(NC1CCCCC1)[C@@H](Cc1ccccc1)N(Cc1ccccc1F)C(=O)CSCc1ccc(F)cc1. The van der Waals surface area contributed by atoms with Gasteiger partial charge < -0.3 is 10.2 Å². The Morgan fingerprint density at radius 2 is 1.55 bits per heavy atom. The smallest absolute Gasteiger partial charge is 0.243 e. The van der Waals surface area contributed by atoms with Crippen LogP contribution in [0.1, 0.15) is 48.8 Å². The fourth-order valence-electron chi connectivity index (χ4n) is 4.83. The molecule has 1 atom stereocenters. The van der Waals surface area contributed by atoms with Crippen molar-refractivity contribution in [1.29, 1.82) is 0 Å². The highest BCUT2D eigenvalue weighted by Gasteiger charge is 2.32. The Morgan fingerprint density at radius 1 is 0.868 bits per heavy atom. The summed E-state index contributed by atoms with van der Waals surface area (Å²) in [6.45, 7) is -0.00178. The van der Waals surface area contributed by atoms with Gasteiger partial charge in [0.05, 0.1) is 5.75 Å². The Balaban J connectivity index is 1.56. The second-order valence-corrected chi connectivity index (χ2v) is 10.8. The predicted molar refractivity (Wildman–Crippen MR) is 148 cm³/mol. The fraction of sp³-hybridized carbons (Fsp3) is 0.355. The Bertz CT molecular complexity index is 1180. The predicted octanol–water partition coefficient (Wildman–Crippen LogP) is 6.29. The van der Waals surface area contributed by atoms with Crippen LogP contribution in [0.4, 0.5) is 8.78 Å². The van der Waals surface area contributed by atoms with Crippen molar-refractivity contribution in [2.75, 3.05) is 5.75 Å². The van der Waals surface area contributed by atoms with Gasteiger partial charge in [-0.25, -0.2) is 8.78 Å². The number of carbonyl (C=O) groups is 2. The van der Waals surface area contributed by atoms with E-state index in [0.29, 0.717) is 17.7 Å². The molecule has 0 saturated heterocycles. The molecule has 1 aliphatic carbocycles. The zero-order valence-electron chi connectivity index (χ0n) is 21.5. The van der Waals surface area contributed by atoms with E-state index < -0.39 is 11.9 Å². The number of thioether (sulfide) groups is 1. The lowest BCUT2D eigenvalue weighted by molar-refractivity contribution is -0.139. The van der Waals surface area contributed by atoms with Gasteiger partial charge in [-0.05, 0) is 42.2 Å². The average Bonchev–Trinajstić information content (AvgIpc) is 2.93. The van der Waals surface area contributed by atoms with Gasteiger partial charge in [-0.15, -0.1) is 11.8 Å². The van der Waals surface area contributed by atoms with E-state index in [2.05, 4.69) is 5.32 Å². The van der Waals surface area contributed by atoms with Crippen molar-refractivity contribution in [2.45, 2.75) is 62.9 Å². The minimum absolute atomic E-state index is 0.00178. The number of amides is 2. The van der Waals surface area contributed by atoms with Gasteiger partial charge in [-0.3, -0.25) is 9.59 Å². The van der Waals surface area contributed by atoms with Crippen LogP contribution in [-0.4, -0.2) is 34.6 Å². The molecule has 200 valence electrons. The molecule has 0 heterocycles. The van der Waals surface area contributed by atoms with Crippen LogP contribution in [0.2, 0.25) is 0 Å². The van der Waals surface area contributed by atoms with Crippen LogP contribution < -0.4 is 5.32 Å². The summed E-state index contributed by atoms with van der Waals surface area (Å²) >= 11 is 1.40. The van der Waals surface area contributed by atoms with Crippen molar-refractivity contribution in [2.24, 2.45) is 0 Å². The Kier molecular flexibility index (Phi) is 10.3. The zero-order chi connectivity index (χ0) is 26.7.